The summed E-state index contributed by atoms with van der Waals surface area (Å²) in [5.74, 6) is -0.379. The normalized spacial score (nSPS) is 17.9. The molecule has 0 spiro atoms. The lowest BCUT2D eigenvalue weighted by Gasteiger charge is -2.16. The van der Waals surface area contributed by atoms with E-state index in [9.17, 15) is 28.3 Å². The largest absolute Gasteiger partial charge is 0.507 e. The van der Waals surface area contributed by atoms with Crippen molar-refractivity contribution < 1.29 is 42.5 Å². The predicted molar refractivity (Wildman–Crippen MR) is 123 cm³/mol. The number of phenolic OH excluding ortho intramolecular Hbond substituents is 1. The van der Waals surface area contributed by atoms with Crippen LogP contribution in [0.4, 0.5) is 19.4 Å². The van der Waals surface area contributed by atoms with E-state index in [-0.39, 0.29) is 40.7 Å². The van der Waals surface area contributed by atoms with Crippen LogP contribution in [0.3, 0.4) is 0 Å². The molecule has 0 aliphatic heterocycles. The van der Waals surface area contributed by atoms with E-state index in [1.54, 1.807) is 6.07 Å². The topological polar surface area (TPSA) is 152 Å². The fraction of sp³-hybridized carbons (Fsp3) is 0.478. The van der Waals surface area contributed by atoms with Crippen molar-refractivity contribution in [1.82, 2.24) is 15.5 Å². The Labute approximate surface area is 205 Å². The molecule has 2 amide bonds. The number of aromatic nitrogens is 2. The van der Waals surface area contributed by atoms with Crippen molar-refractivity contribution in [3.05, 3.63) is 29.5 Å². The minimum Gasteiger partial charge on any atom is -0.507 e. The number of aromatic amines is 1. The fourth-order valence-corrected chi connectivity index (χ4v) is 3.92. The van der Waals surface area contributed by atoms with Crippen molar-refractivity contribution in [1.29, 1.82) is 0 Å². The van der Waals surface area contributed by atoms with Gasteiger partial charge < -0.3 is 30.0 Å². The van der Waals surface area contributed by atoms with E-state index < -0.39 is 37.5 Å². The monoisotopic (exact) mass is 510 g/mol. The van der Waals surface area contributed by atoms with Gasteiger partial charge in [0.15, 0.2) is 18.7 Å². The van der Waals surface area contributed by atoms with E-state index >= 15 is 0 Å². The molecular formula is C23H28F2N4O7. The van der Waals surface area contributed by atoms with Gasteiger partial charge in [0.2, 0.25) is 6.43 Å². The van der Waals surface area contributed by atoms with Gasteiger partial charge in [0.05, 0.1) is 12.7 Å². The minimum absolute atomic E-state index is 0.00518. The number of halogens is 2. The van der Waals surface area contributed by atoms with Gasteiger partial charge in [0, 0.05) is 42.3 Å². The molecule has 1 aromatic carbocycles. The molecule has 3 atom stereocenters. The number of anilines is 1. The molecule has 1 fully saturated rings. The molecule has 11 nitrogen and oxygen atoms in total. The molecule has 1 heterocycles. The lowest BCUT2D eigenvalue weighted by Crippen LogP contribution is -2.36. The highest BCUT2D eigenvalue weighted by molar-refractivity contribution is 5.91. The van der Waals surface area contributed by atoms with Crippen LogP contribution in [0, 0.1) is 0 Å². The van der Waals surface area contributed by atoms with E-state index in [1.807, 2.05) is 0 Å². The van der Waals surface area contributed by atoms with Gasteiger partial charge >= 0.3 is 6.09 Å². The van der Waals surface area contributed by atoms with Gasteiger partial charge in [0.1, 0.15) is 23.4 Å². The zero-order valence-corrected chi connectivity index (χ0v) is 19.8. The fourth-order valence-electron chi connectivity index (χ4n) is 3.92. The van der Waals surface area contributed by atoms with Crippen LogP contribution in [0.15, 0.2) is 18.2 Å². The second kappa shape index (κ2) is 12.2. The first-order valence-corrected chi connectivity index (χ1v) is 11.3. The smallest absolute Gasteiger partial charge is 0.407 e. The Bertz CT molecular complexity index is 1080. The van der Waals surface area contributed by atoms with Gasteiger partial charge in [-0.1, -0.05) is 0 Å². The van der Waals surface area contributed by atoms with Crippen molar-refractivity contribution in [3.8, 4) is 17.2 Å². The maximum absolute atomic E-state index is 12.4. The summed E-state index contributed by atoms with van der Waals surface area (Å²) in [6, 6.07) is 3.59. The third-order valence-electron chi connectivity index (χ3n) is 5.67. The van der Waals surface area contributed by atoms with E-state index in [0.29, 0.717) is 25.5 Å². The van der Waals surface area contributed by atoms with E-state index in [1.165, 1.54) is 26.2 Å². The van der Waals surface area contributed by atoms with Crippen LogP contribution >= 0.6 is 0 Å². The number of nitrogens with zero attached hydrogens (tertiary/aromatic N) is 1. The van der Waals surface area contributed by atoms with Gasteiger partial charge in [-0.05, 0) is 26.2 Å². The number of amides is 2. The molecule has 0 saturated heterocycles. The number of hydrogen-bond acceptors (Lipinski definition) is 8. The zero-order chi connectivity index (χ0) is 26.2. The standard InChI is InChI=1S/C23H28F2N4O7/c1-12(5-20(24)25)26-23(33)36-14-4-3-13(6-14)17-9-21(29-28-17)27-22(32)11-35-19-8-15(34-2)7-18(31)16(19)10-30/h7-10,12-14,20,31H,3-6,11H2,1-2H3,(H,26,33)(H2,27,28,29,32)/t12-,13+,14-/m1/s1. The molecule has 1 aliphatic rings. The first kappa shape index (κ1) is 26.7. The molecule has 36 heavy (non-hydrogen) atoms. The molecule has 2 aromatic rings. The van der Waals surface area contributed by atoms with Crippen molar-refractivity contribution in [2.45, 2.75) is 57.1 Å². The van der Waals surface area contributed by atoms with Crippen LogP contribution in [-0.2, 0) is 9.53 Å². The Kier molecular flexibility index (Phi) is 9.03. The minimum atomic E-state index is -2.51. The summed E-state index contributed by atoms with van der Waals surface area (Å²) >= 11 is 0. The number of alkyl carbamates (subject to hydrolysis) is 1. The summed E-state index contributed by atoms with van der Waals surface area (Å²) < 4.78 is 40.5. The van der Waals surface area contributed by atoms with Gasteiger partial charge in [-0.25, -0.2) is 13.6 Å². The number of carbonyl (C=O) groups excluding carboxylic acids is 3. The summed E-state index contributed by atoms with van der Waals surface area (Å²) in [4.78, 5) is 35.4. The first-order chi connectivity index (χ1) is 17.2. The number of alkyl halides is 2. The Hall–Kier alpha value is -3.90. The Morgan fingerprint density at radius 2 is 2.08 bits per heavy atom. The van der Waals surface area contributed by atoms with Gasteiger partial charge in [-0.2, -0.15) is 5.10 Å². The van der Waals surface area contributed by atoms with Crippen LogP contribution in [0.5, 0.6) is 17.2 Å². The lowest BCUT2D eigenvalue weighted by atomic mass is 10.0. The average molecular weight is 510 g/mol. The summed E-state index contributed by atoms with van der Waals surface area (Å²) in [6.07, 6.45) is -1.82. The third kappa shape index (κ3) is 7.30. The summed E-state index contributed by atoms with van der Waals surface area (Å²) in [7, 11) is 1.38. The van der Waals surface area contributed by atoms with E-state index in [2.05, 4.69) is 20.8 Å². The molecular weight excluding hydrogens is 482 g/mol. The molecule has 1 aliphatic carbocycles. The summed E-state index contributed by atoms with van der Waals surface area (Å²) in [5, 5.41) is 21.8. The van der Waals surface area contributed by atoms with Crippen molar-refractivity contribution >= 4 is 24.1 Å². The predicted octanol–water partition coefficient (Wildman–Crippen LogP) is 3.36. The van der Waals surface area contributed by atoms with E-state index in [0.717, 1.165) is 5.69 Å². The number of aromatic hydroxyl groups is 1. The van der Waals surface area contributed by atoms with Crippen LogP contribution in [-0.4, -0.2) is 65.9 Å². The quantitative estimate of drug-likeness (QED) is 0.336. The highest BCUT2D eigenvalue weighted by Gasteiger charge is 2.30. The number of methoxy groups -OCH3 is 1. The maximum Gasteiger partial charge on any atom is 0.407 e. The molecule has 1 saturated carbocycles. The molecule has 4 N–H and O–H groups in total. The molecule has 3 rings (SSSR count). The third-order valence-corrected chi connectivity index (χ3v) is 5.67. The number of hydrogen-bond donors (Lipinski definition) is 4. The average Bonchev–Trinajstić information content (AvgIpc) is 3.46. The van der Waals surface area contributed by atoms with Crippen molar-refractivity contribution in [2.75, 3.05) is 19.0 Å². The van der Waals surface area contributed by atoms with Gasteiger partial charge in [-0.15, -0.1) is 0 Å². The summed E-state index contributed by atoms with van der Waals surface area (Å²) in [6.45, 7) is 1.03. The maximum atomic E-state index is 12.4. The SMILES string of the molecule is COc1cc(O)c(C=O)c(OCC(=O)Nc2cc([C@H]3CC[C@@H](OC(=O)N[C@H](C)CC(F)F)C3)[nH]n2)c1. The van der Waals surface area contributed by atoms with Crippen LogP contribution < -0.4 is 20.1 Å². The van der Waals surface area contributed by atoms with Crippen molar-refractivity contribution in [2.24, 2.45) is 0 Å². The highest BCUT2D eigenvalue weighted by atomic mass is 19.3. The number of carbonyl (C=O) groups is 3. The molecule has 0 radical (unpaired) electrons. The van der Waals surface area contributed by atoms with Crippen LogP contribution in [0.2, 0.25) is 0 Å². The first-order valence-electron chi connectivity index (χ1n) is 11.3. The number of nitrogens with one attached hydrogen (secondary N) is 3. The number of H-pyrrole nitrogens is 1. The molecule has 13 heteroatoms. The van der Waals surface area contributed by atoms with Crippen molar-refractivity contribution in [3.63, 3.8) is 0 Å². The second-order valence-electron chi connectivity index (χ2n) is 8.43. The van der Waals surface area contributed by atoms with Gasteiger partial charge in [-0.3, -0.25) is 14.7 Å². The molecule has 196 valence electrons. The molecule has 0 unspecified atom stereocenters. The Balaban J connectivity index is 1.48. The van der Waals surface area contributed by atoms with Gasteiger partial charge in [0.25, 0.3) is 5.91 Å². The number of aldehydes is 1. The number of phenols is 1. The molecule has 1 aromatic heterocycles. The van der Waals surface area contributed by atoms with Crippen LogP contribution in [0.1, 0.15) is 54.6 Å². The molecule has 0 bridgehead atoms. The van der Waals surface area contributed by atoms with E-state index in [4.69, 9.17) is 14.2 Å². The lowest BCUT2D eigenvalue weighted by molar-refractivity contribution is -0.118. The zero-order valence-electron chi connectivity index (χ0n) is 19.8. The highest BCUT2D eigenvalue weighted by Crippen LogP contribution is 2.36. The summed E-state index contributed by atoms with van der Waals surface area (Å²) in [5.41, 5.74) is 0.630. The number of benzene rings is 1. The second-order valence-corrected chi connectivity index (χ2v) is 8.43. The Morgan fingerprint density at radius 3 is 2.78 bits per heavy atom. The number of rotatable bonds is 11. The Morgan fingerprint density at radius 1 is 1.31 bits per heavy atom. The van der Waals surface area contributed by atoms with Crippen LogP contribution in [0.25, 0.3) is 0 Å². The number of ether oxygens (including phenoxy) is 3.